The standard InChI is InChI=1S/C4H8O.Na.H2O3S.H/c1-2-3-4-5;;1-4(2)3;/h4H,2-3H2,1H3;;(H2,1,2,3);/q;+1;;-1. The number of carbonyl (C=O) groups excluding carboxylic acids is 1. The molecule has 4 nitrogen and oxygen atoms in total. The summed E-state index contributed by atoms with van der Waals surface area (Å²) in [6, 6.07) is 0. The fraction of sp³-hybridized carbons (Fsp3) is 0.750. The Balaban J connectivity index is -0.0000000383. The van der Waals surface area contributed by atoms with Gasteiger partial charge in [-0.25, -0.2) is 0 Å². The predicted octanol–water partition coefficient (Wildman–Crippen LogP) is -2.22. The Labute approximate surface area is 86.3 Å². The quantitative estimate of drug-likeness (QED) is 0.285. The molecule has 0 aromatic heterocycles. The Morgan fingerprint density at radius 2 is 1.90 bits per heavy atom. The summed E-state index contributed by atoms with van der Waals surface area (Å²) < 4.78 is 22.8. The van der Waals surface area contributed by atoms with Crippen LogP contribution in [0.25, 0.3) is 0 Å². The van der Waals surface area contributed by atoms with Crippen molar-refractivity contribution in [2.75, 3.05) is 0 Å². The molecule has 0 saturated heterocycles. The summed E-state index contributed by atoms with van der Waals surface area (Å²) in [7, 11) is 0. The maximum absolute atomic E-state index is 9.40. The van der Waals surface area contributed by atoms with Gasteiger partial charge in [0.1, 0.15) is 6.29 Å². The smallest absolute Gasteiger partial charge is 1.00 e. The molecule has 0 aromatic carbocycles. The molecule has 0 amide bonds. The van der Waals surface area contributed by atoms with E-state index < -0.39 is 11.4 Å². The summed E-state index contributed by atoms with van der Waals surface area (Å²) in [5, 5.41) is 0. The van der Waals surface area contributed by atoms with Crippen LogP contribution in [0, 0.1) is 0 Å². The van der Waals surface area contributed by atoms with Gasteiger partial charge in [0.2, 0.25) is 0 Å². The van der Waals surface area contributed by atoms with Crippen molar-refractivity contribution >= 4 is 17.6 Å². The van der Waals surface area contributed by atoms with Crippen molar-refractivity contribution in [1.82, 2.24) is 0 Å². The molecule has 0 heterocycles. The van der Waals surface area contributed by atoms with Crippen molar-refractivity contribution in [2.45, 2.75) is 19.8 Å². The summed E-state index contributed by atoms with van der Waals surface area (Å²) in [5.74, 6) is 0. The maximum atomic E-state index is 9.40. The molecule has 0 fully saturated rings. The summed E-state index contributed by atoms with van der Waals surface area (Å²) in [5.41, 5.74) is 0. The van der Waals surface area contributed by atoms with E-state index in [4.69, 9.17) is 13.3 Å². The fourth-order valence-electron chi connectivity index (χ4n) is 0.118. The minimum absolute atomic E-state index is 0. The van der Waals surface area contributed by atoms with Gasteiger partial charge >= 0.3 is 29.6 Å². The van der Waals surface area contributed by atoms with E-state index >= 15 is 0 Å². The molecule has 0 radical (unpaired) electrons. The van der Waals surface area contributed by atoms with Crippen LogP contribution in [0.5, 0.6) is 0 Å². The molecule has 6 heteroatoms. The predicted molar refractivity (Wildman–Crippen MR) is 35.5 cm³/mol. The van der Waals surface area contributed by atoms with Crippen LogP contribution in [-0.2, 0) is 16.2 Å². The van der Waals surface area contributed by atoms with E-state index in [1.54, 1.807) is 0 Å². The van der Waals surface area contributed by atoms with Crippen molar-refractivity contribution in [3.05, 3.63) is 0 Å². The Morgan fingerprint density at radius 3 is 1.90 bits per heavy atom. The Hall–Kier alpha value is 0.740. The molecule has 0 aliphatic rings. The molecule has 10 heavy (non-hydrogen) atoms. The summed E-state index contributed by atoms with van der Waals surface area (Å²) in [4.78, 5) is 9.40. The first-order chi connectivity index (χ1) is 4.15. The zero-order valence-corrected chi connectivity index (χ0v) is 8.93. The van der Waals surface area contributed by atoms with Crippen LogP contribution in [0.2, 0.25) is 0 Å². The number of carbonyl (C=O) groups is 1. The van der Waals surface area contributed by atoms with E-state index in [1.807, 2.05) is 6.92 Å². The molecular formula is C4H11NaO4S. The largest absolute Gasteiger partial charge is 1.00 e. The summed E-state index contributed by atoms with van der Waals surface area (Å²) >= 11 is -2.61. The van der Waals surface area contributed by atoms with Gasteiger partial charge in [-0.2, -0.15) is 4.21 Å². The van der Waals surface area contributed by atoms with Gasteiger partial charge in [0.15, 0.2) is 0 Å². The monoisotopic (exact) mass is 178 g/mol. The summed E-state index contributed by atoms with van der Waals surface area (Å²) in [6.07, 6.45) is 2.61. The van der Waals surface area contributed by atoms with Gasteiger partial charge in [-0.05, 0) is 6.42 Å². The third-order valence-electron chi connectivity index (χ3n) is 0.407. The molecule has 0 aliphatic heterocycles. The van der Waals surface area contributed by atoms with Crippen molar-refractivity contribution in [2.24, 2.45) is 0 Å². The molecule has 0 spiro atoms. The van der Waals surface area contributed by atoms with E-state index in [0.29, 0.717) is 6.42 Å². The van der Waals surface area contributed by atoms with E-state index in [9.17, 15) is 4.79 Å². The molecule has 0 rings (SSSR count). The third kappa shape index (κ3) is 69.7. The third-order valence-corrected chi connectivity index (χ3v) is 0.407. The SMILES string of the molecule is CCCC=O.O=S(O)O.[H-].[Na+]. The number of hydrogen-bond donors (Lipinski definition) is 2. The molecule has 0 unspecified atom stereocenters. The number of unbranched alkanes of at least 4 members (excludes halogenated alkanes) is 1. The van der Waals surface area contributed by atoms with Gasteiger partial charge in [0, 0.05) is 6.42 Å². The Kier molecular flexibility index (Phi) is 27.9. The van der Waals surface area contributed by atoms with Gasteiger partial charge in [-0.1, -0.05) is 6.92 Å². The molecule has 0 aliphatic carbocycles. The second-order valence-electron chi connectivity index (χ2n) is 1.19. The molecule has 0 bridgehead atoms. The zero-order valence-electron chi connectivity index (χ0n) is 7.11. The number of rotatable bonds is 2. The van der Waals surface area contributed by atoms with E-state index in [0.717, 1.165) is 12.7 Å². The minimum atomic E-state index is -2.61. The van der Waals surface area contributed by atoms with Crippen molar-refractivity contribution in [3.8, 4) is 0 Å². The van der Waals surface area contributed by atoms with Gasteiger partial charge in [-0.3, -0.25) is 9.11 Å². The number of aldehydes is 1. The first-order valence-electron chi connectivity index (χ1n) is 2.38. The first-order valence-corrected chi connectivity index (χ1v) is 3.45. The van der Waals surface area contributed by atoms with Crippen LogP contribution in [0.15, 0.2) is 0 Å². The normalized spacial score (nSPS) is 7.20. The molecule has 0 saturated carbocycles. The fourth-order valence-corrected chi connectivity index (χ4v) is 0.118. The summed E-state index contributed by atoms with van der Waals surface area (Å²) in [6.45, 7) is 1.98. The Bertz CT molecular complexity index is 88.2. The average Bonchev–Trinajstić information content (AvgIpc) is 1.66. The van der Waals surface area contributed by atoms with E-state index in [-0.39, 0.29) is 31.0 Å². The van der Waals surface area contributed by atoms with Gasteiger partial charge in [0.05, 0.1) is 0 Å². The van der Waals surface area contributed by atoms with Crippen LogP contribution in [0.3, 0.4) is 0 Å². The van der Waals surface area contributed by atoms with Gasteiger partial charge in [-0.15, -0.1) is 0 Å². The second-order valence-corrected chi connectivity index (χ2v) is 1.65. The van der Waals surface area contributed by atoms with Crippen LogP contribution in [0.1, 0.15) is 21.2 Å². The van der Waals surface area contributed by atoms with E-state index in [2.05, 4.69) is 0 Å². The maximum Gasteiger partial charge on any atom is 1.00 e. The molecule has 58 valence electrons. The van der Waals surface area contributed by atoms with Crippen LogP contribution < -0.4 is 29.6 Å². The molecular weight excluding hydrogens is 167 g/mol. The second kappa shape index (κ2) is 16.4. The molecule has 2 N–H and O–H groups in total. The molecule has 0 aromatic rings. The first kappa shape index (κ1) is 17.0. The van der Waals surface area contributed by atoms with Gasteiger partial charge in [0.25, 0.3) is 11.4 Å². The minimum Gasteiger partial charge on any atom is -1.00 e. The van der Waals surface area contributed by atoms with Gasteiger partial charge < -0.3 is 6.22 Å². The van der Waals surface area contributed by atoms with Crippen molar-refractivity contribution in [3.63, 3.8) is 0 Å². The average molecular weight is 178 g/mol. The van der Waals surface area contributed by atoms with Crippen molar-refractivity contribution < 1.29 is 49.1 Å². The van der Waals surface area contributed by atoms with Crippen LogP contribution in [0.4, 0.5) is 0 Å². The van der Waals surface area contributed by atoms with E-state index in [1.165, 1.54) is 0 Å². The molecule has 0 atom stereocenters. The number of hydrogen-bond acceptors (Lipinski definition) is 2. The van der Waals surface area contributed by atoms with Crippen molar-refractivity contribution in [1.29, 1.82) is 0 Å². The van der Waals surface area contributed by atoms with Crippen LogP contribution >= 0.6 is 0 Å². The topological polar surface area (TPSA) is 74.6 Å². The zero-order chi connectivity index (χ0) is 7.70. The van der Waals surface area contributed by atoms with Crippen LogP contribution in [-0.4, -0.2) is 19.6 Å². The Morgan fingerprint density at radius 1 is 1.60 bits per heavy atom.